The van der Waals surface area contributed by atoms with Crippen molar-refractivity contribution in [3.63, 3.8) is 0 Å². The number of halogens is 3. The van der Waals surface area contributed by atoms with Crippen LogP contribution in [0.15, 0.2) is 16.6 Å². The van der Waals surface area contributed by atoms with Gasteiger partial charge >= 0.3 is 12.0 Å². The highest BCUT2D eigenvalue weighted by molar-refractivity contribution is 9.10. The van der Waals surface area contributed by atoms with Gasteiger partial charge in [-0.2, -0.15) is 0 Å². The van der Waals surface area contributed by atoms with Crippen molar-refractivity contribution >= 4 is 33.6 Å². The third-order valence-corrected chi connectivity index (χ3v) is 3.05. The maximum absolute atomic E-state index is 13.5. The quantitative estimate of drug-likeness (QED) is 0.820. The van der Waals surface area contributed by atoms with E-state index >= 15 is 0 Å². The first-order valence-corrected chi connectivity index (χ1v) is 6.45. The summed E-state index contributed by atoms with van der Waals surface area (Å²) in [6, 6.07) is 0.524. The second-order valence-corrected chi connectivity index (χ2v) is 5.15. The maximum Gasteiger partial charge on any atom is 0.323 e. The molecule has 1 aromatic rings. The predicted octanol–water partition coefficient (Wildman–Crippen LogP) is 3.05. The lowest BCUT2D eigenvalue weighted by Crippen LogP contribution is -2.43. The molecule has 8 heteroatoms. The topological polar surface area (TPSA) is 69.6 Å². The van der Waals surface area contributed by atoms with E-state index in [2.05, 4.69) is 21.2 Å². The van der Waals surface area contributed by atoms with Crippen molar-refractivity contribution in [1.82, 2.24) is 4.90 Å². The molecule has 0 radical (unpaired) electrons. The lowest BCUT2D eigenvalue weighted by molar-refractivity contribution is -0.137. The van der Waals surface area contributed by atoms with E-state index in [1.807, 2.05) is 0 Å². The zero-order valence-corrected chi connectivity index (χ0v) is 12.4. The fraction of sp³-hybridized carbons (Fsp3) is 0.333. The monoisotopic (exact) mass is 350 g/mol. The number of rotatable bonds is 4. The lowest BCUT2D eigenvalue weighted by Gasteiger charge is -2.25. The van der Waals surface area contributed by atoms with Crippen LogP contribution in [0, 0.1) is 11.6 Å². The average molecular weight is 351 g/mol. The molecule has 0 aliphatic heterocycles. The van der Waals surface area contributed by atoms with E-state index in [-0.39, 0.29) is 10.2 Å². The summed E-state index contributed by atoms with van der Waals surface area (Å²) < 4.78 is 26.6. The molecule has 5 nitrogen and oxygen atoms in total. The summed E-state index contributed by atoms with van der Waals surface area (Å²) in [7, 11) is 0. The standard InChI is InChI=1S/C12H13BrF2N2O3/c1-6(2)17(5-11(18)19)12(20)16-10-3-7(13)8(14)4-9(10)15/h3-4,6H,5H2,1-2H3,(H,16,20)(H,18,19). The number of nitrogens with one attached hydrogen (secondary N) is 1. The first-order chi connectivity index (χ1) is 9.22. The van der Waals surface area contributed by atoms with Gasteiger partial charge in [0.05, 0.1) is 10.2 Å². The predicted molar refractivity (Wildman–Crippen MR) is 72.6 cm³/mol. The fourth-order valence-electron chi connectivity index (χ4n) is 1.44. The summed E-state index contributed by atoms with van der Waals surface area (Å²) in [5.41, 5.74) is -0.237. The largest absolute Gasteiger partial charge is 0.480 e. The second kappa shape index (κ2) is 6.65. The summed E-state index contributed by atoms with van der Waals surface area (Å²) in [5, 5.41) is 10.9. The minimum absolute atomic E-state index is 0.0106. The Morgan fingerprint density at radius 1 is 1.35 bits per heavy atom. The number of carboxylic acid groups (broad SMARTS) is 1. The van der Waals surface area contributed by atoms with E-state index in [1.54, 1.807) is 13.8 Å². The summed E-state index contributed by atoms with van der Waals surface area (Å²) >= 11 is 2.88. The number of hydrogen-bond donors (Lipinski definition) is 2. The Labute approximate surface area is 122 Å². The number of carbonyl (C=O) groups is 2. The number of carbonyl (C=O) groups excluding carboxylic acids is 1. The van der Waals surface area contributed by atoms with Crippen molar-refractivity contribution in [2.75, 3.05) is 11.9 Å². The van der Waals surface area contributed by atoms with Crippen molar-refractivity contribution in [2.24, 2.45) is 0 Å². The molecular formula is C12H13BrF2N2O3. The second-order valence-electron chi connectivity index (χ2n) is 4.29. The number of urea groups is 1. The Kier molecular flexibility index (Phi) is 5.43. The molecule has 0 saturated heterocycles. The smallest absolute Gasteiger partial charge is 0.323 e. The molecule has 0 bridgehead atoms. The van der Waals surface area contributed by atoms with Crippen LogP contribution in [0.5, 0.6) is 0 Å². The average Bonchev–Trinajstić information content (AvgIpc) is 2.32. The molecule has 20 heavy (non-hydrogen) atoms. The van der Waals surface area contributed by atoms with Crippen LogP contribution >= 0.6 is 15.9 Å². The molecule has 0 spiro atoms. The highest BCUT2D eigenvalue weighted by atomic mass is 79.9. The van der Waals surface area contributed by atoms with E-state index in [0.29, 0.717) is 6.07 Å². The van der Waals surface area contributed by atoms with Gasteiger partial charge in [-0.1, -0.05) is 0 Å². The molecule has 0 atom stereocenters. The van der Waals surface area contributed by atoms with Gasteiger partial charge in [-0.3, -0.25) is 4.79 Å². The van der Waals surface area contributed by atoms with Crippen molar-refractivity contribution in [3.8, 4) is 0 Å². The summed E-state index contributed by atoms with van der Waals surface area (Å²) in [5.74, 6) is -2.93. The molecule has 1 rings (SSSR count). The van der Waals surface area contributed by atoms with Crippen LogP contribution in [0.1, 0.15) is 13.8 Å². The number of amides is 2. The lowest BCUT2D eigenvalue weighted by atomic mass is 10.3. The van der Waals surface area contributed by atoms with Crippen molar-refractivity contribution in [1.29, 1.82) is 0 Å². The van der Waals surface area contributed by atoms with Crippen LogP contribution in [0.4, 0.5) is 19.3 Å². The minimum atomic E-state index is -1.19. The highest BCUT2D eigenvalue weighted by Gasteiger charge is 2.21. The molecule has 0 fully saturated rings. The Morgan fingerprint density at radius 2 is 1.95 bits per heavy atom. The van der Waals surface area contributed by atoms with Crippen LogP contribution in [0.2, 0.25) is 0 Å². The van der Waals surface area contributed by atoms with Crippen molar-refractivity contribution in [3.05, 3.63) is 28.2 Å². The molecule has 2 amide bonds. The summed E-state index contributed by atoms with van der Waals surface area (Å²) in [6.07, 6.45) is 0. The van der Waals surface area contributed by atoms with Crippen LogP contribution < -0.4 is 5.32 Å². The number of nitrogens with zero attached hydrogens (tertiary/aromatic N) is 1. The van der Waals surface area contributed by atoms with Gasteiger partial charge in [0.15, 0.2) is 0 Å². The van der Waals surface area contributed by atoms with Crippen LogP contribution in [0.25, 0.3) is 0 Å². The molecule has 0 unspecified atom stereocenters. The molecule has 0 heterocycles. The van der Waals surface area contributed by atoms with Crippen molar-refractivity contribution in [2.45, 2.75) is 19.9 Å². The van der Waals surface area contributed by atoms with Gasteiger partial charge in [0.25, 0.3) is 0 Å². The maximum atomic E-state index is 13.5. The first-order valence-electron chi connectivity index (χ1n) is 5.66. The van der Waals surface area contributed by atoms with E-state index in [9.17, 15) is 18.4 Å². The number of anilines is 1. The normalized spacial score (nSPS) is 10.5. The zero-order chi connectivity index (χ0) is 15.4. The molecule has 0 aliphatic carbocycles. The number of hydrogen-bond acceptors (Lipinski definition) is 2. The Hall–Kier alpha value is -1.70. The van der Waals surface area contributed by atoms with E-state index in [0.717, 1.165) is 11.0 Å². The van der Waals surface area contributed by atoms with Gasteiger partial charge in [0, 0.05) is 12.1 Å². The van der Waals surface area contributed by atoms with Crippen LogP contribution in [-0.4, -0.2) is 34.6 Å². The Morgan fingerprint density at radius 3 is 2.45 bits per heavy atom. The van der Waals surface area contributed by atoms with Gasteiger partial charge in [0.2, 0.25) is 0 Å². The van der Waals surface area contributed by atoms with E-state index in [4.69, 9.17) is 5.11 Å². The Balaban J connectivity index is 2.93. The van der Waals surface area contributed by atoms with E-state index < -0.39 is 36.2 Å². The number of benzene rings is 1. The zero-order valence-electron chi connectivity index (χ0n) is 10.8. The third kappa shape index (κ3) is 4.16. The van der Waals surface area contributed by atoms with Gasteiger partial charge in [-0.15, -0.1) is 0 Å². The van der Waals surface area contributed by atoms with Crippen LogP contribution in [0.3, 0.4) is 0 Å². The van der Waals surface area contributed by atoms with Gasteiger partial charge in [0.1, 0.15) is 18.2 Å². The molecule has 2 N–H and O–H groups in total. The molecule has 1 aromatic carbocycles. The first kappa shape index (κ1) is 16.4. The molecular weight excluding hydrogens is 338 g/mol. The van der Waals surface area contributed by atoms with Gasteiger partial charge in [-0.05, 0) is 35.8 Å². The fourth-order valence-corrected chi connectivity index (χ4v) is 1.78. The molecule has 0 saturated carbocycles. The summed E-state index contributed by atoms with van der Waals surface area (Å²) in [6.45, 7) is 2.73. The number of carboxylic acids is 1. The van der Waals surface area contributed by atoms with Gasteiger partial charge in [-0.25, -0.2) is 13.6 Å². The molecule has 0 aromatic heterocycles. The molecule has 110 valence electrons. The van der Waals surface area contributed by atoms with Gasteiger partial charge < -0.3 is 15.3 Å². The van der Waals surface area contributed by atoms with Crippen molar-refractivity contribution < 1.29 is 23.5 Å². The minimum Gasteiger partial charge on any atom is -0.480 e. The van der Waals surface area contributed by atoms with E-state index in [1.165, 1.54) is 0 Å². The SMILES string of the molecule is CC(C)N(CC(=O)O)C(=O)Nc1cc(Br)c(F)cc1F. The van der Waals surface area contributed by atoms with Crippen LogP contribution in [-0.2, 0) is 4.79 Å². The summed E-state index contributed by atoms with van der Waals surface area (Å²) in [4.78, 5) is 23.6. The number of aliphatic carboxylic acids is 1. The molecule has 0 aliphatic rings. The highest BCUT2D eigenvalue weighted by Crippen LogP contribution is 2.24. The Bertz CT molecular complexity index is 538. The third-order valence-electron chi connectivity index (χ3n) is 2.44.